The highest BCUT2D eigenvalue weighted by Crippen LogP contribution is 2.02. The van der Waals surface area contributed by atoms with Crippen molar-refractivity contribution in [3.63, 3.8) is 0 Å². The maximum absolute atomic E-state index is 10.9. The Hall–Kier alpha value is -0.980. The molecular weight excluding hydrogens is 226 g/mol. The first-order chi connectivity index (χ1) is 5.74. The van der Waals surface area contributed by atoms with Crippen LogP contribution in [0.5, 0.6) is 0 Å². The number of halogens is 1. The summed E-state index contributed by atoms with van der Waals surface area (Å²) in [7, 11) is 0. The van der Waals surface area contributed by atoms with Gasteiger partial charge in [0.05, 0.1) is 11.4 Å². The van der Waals surface area contributed by atoms with Crippen molar-refractivity contribution < 1.29 is 4.79 Å². The van der Waals surface area contributed by atoms with Crippen molar-refractivity contribution >= 4 is 21.8 Å². The molecule has 1 heterocycles. The molecule has 0 aliphatic carbocycles. The molecule has 1 unspecified atom stereocenters. The molecule has 12 heavy (non-hydrogen) atoms. The second-order valence-electron chi connectivity index (χ2n) is 2.19. The van der Waals surface area contributed by atoms with Crippen LogP contribution in [0, 0.1) is 0 Å². The van der Waals surface area contributed by atoms with Gasteiger partial charge in [0.2, 0.25) is 5.91 Å². The summed E-state index contributed by atoms with van der Waals surface area (Å²) in [5.74, 6) is 0.372. The summed E-state index contributed by atoms with van der Waals surface area (Å²) in [5, 5.41) is 16.1. The zero-order valence-electron chi connectivity index (χ0n) is 6.41. The lowest BCUT2D eigenvalue weighted by molar-refractivity contribution is -0.119. The number of aromatic amines is 1. The molecule has 0 radical (unpaired) electrons. The highest BCUT2D eigenvalue weighted by atomic mass is 79.9. The summed E-state index contributed by atoms with van der Waals surface area (Å²) in [5.41, 5.74) is 0. The number of rotatable bonds is 3. The Kier molecular flexibility index (Phi) is 3.15. The van der Waals surface area contributed by atoms with E-state index in [1.807, 2.05) is 0 Å². The largest absolute Gasteiger partial charge is 0.345 e. The molecule has 6 nitrogen and oxygen atoms in total. The van der Waals surface area contributed by atoms with Crippen molar-refractivity contribution in [1.29, 1.82) is 0 Å². The fourth-order valence-electron chi connectivity index (χ4n) is 0.698. The Morgan fingerprint density at radius 1 is 1.83 bits per heavy atom. The molecule has 0 aliphatic rings. The van der Waals surface area contributed by atoms with Crippen LogP contribution in [-0.2, 0) is 4.79 Å². The van der Waals surface area contributed by atoms with Crippen LogP contribution in [0.1, 0.15) is 18.8 Å². The van der Waals surface area contributed by atoms with Crippen LogP contribution in [-0.4, -0.2) is 31.9 Å². The van der Waals surface area contributed by atoms with E-state index in [4.69, 9.17) is 0 Å². The van der Waals surface area contributed by atoms with Gasteiger partial charge < -0.3 is 5.32 Å². The summed E-state index contributed by atoms with van der Waals surface area (Å²) in [4.78, 5) is 10.9. The van der Waals surface area contributed by atoms with Crippen LogP contribution in [0.2, 0.25) is 0 Å². The van der Waals surface area contributed by atoms with Gasteiger partial charge in [-0.15, -0.1) is 10.2 Å². The van der Waals surface area contributed by atoms with Gasteiger partial charge in [0.15, 0.2) is 5.82 Å². The molecule has 0 spiro atoms. The van der Waals surface area contributed by atoms with E-state index in [1.54, 1.807) is 6.92 Å². The lowest BCUT2D eigenvalue weighted by atomic mass is 10.3. The van der Waals surface area contributed by atoms with E-state index in [1.165, 1.54) is 0 Å². The third kappa shape index (κ3) is 2.26. The molecule has 0 bridgehead atoms. The molecule has 1 atom stereocenters. The van der Waals surface area contributed by atoms with E-state index in [0.717, 1.165) is 0 Å². The van der Waals surface area contributed by atoms with E-state index in [-0.39, 0.29) is 17.3 Å². The summed E-state index contributed by atoms with van der Waals surface area (Å²) in [6, 6.07) is -0.214. The predicted molar refractivity (Wildman–Crippen MR) is 44.5 cm³/mol. The minimum absolute atomic E-state index is 0.104. The number of alkyl halides is 1. The van der Waals surface area contributed by atoms with Crippen molar-refractivity contribution in [2.75, 3.05) is 5.33 Å². The highest BCUT2D eigenvalue weighted by Gasteiger charge is 2.11. The van der Waals surface area contributed by atoms with Crippen LogP contribution >= 0.6 is 15.9 Å². The van der Waals surface area contributed by atoms with Gasteiger partial charge in [-0.25, -0.2) is 0 Å². The second kappa shape index (κ2) is 4.15. The van der Waals surface area contributed by atoms with E-state index in [0.29, 0.717) is 5.82 Å². The number of carbonyl (C=O) groups is 1. The molecule has 66 valence electrons. The van der Waals surface area contributed by atoms with Crippen molar-refractivity contribution in [2.45, 2.75) is 13.0 Å². The predicted octanol–water partition coefficient (Wildman–Crippen LogP) is -0.228. The molecule has 1 aromatic rings. The van der Waals surface area contributed by atoms with Crippen LogP contribution < -0.4 is 5.32 Å². The minimum atomic E-state index is -0.214. The molecule has 1 aromatic heterocycles. The lowest BCUT2D eigenvalue weighted by Crippen LogP contribution is -2.28. The van der Waals surface area contributed by atoms with Crippen LogP contribution in [0.25, 0.3) is 0 Å². The van der Waals surface area contributed by atoms with Crippen LogP contribution in [0.15, 0.2) is 0 Å². The first kappa shape index (κ1) is 9.11. The first-order valence-electron chi connectivity index (χ1n) is 3.32. The molecule has 7 heteroatoms. The van der Waals surface area contributed by atoms with Gasteiger partial charge in [-0.3, -0.25) is 4.79 Å². The fourth-order valence-corrected chi connectivity index (χ4v) is 0.859. The number of carbonyl (C=O) groups excluding carboxylic acids is 1. The highest BCUT2D eigenvalue weighted by molar-refractivity contribution is 9.09. The van der Waals surface area contributed by atoms with E-state index in [9.17, 15) is 4.79 Å². The number of tetrazole rings is 1. The number of nitrogens with zero attached hydrogens (tertiary/aromatic N) is 3. The zero-order valence-corrected chi connectivity index (χ0v) is 8.00. The Balaban J connectivity index is 2.49. The molecular formula is C5H8BrN5O. The summed E-state index contributed by atoms with van der Waals surface area (Å²) in [6.45, 7) is 1.78. The van der Waals surface area contributed by atoms with E-state index in [2.05, 4.69) is 41.9 Å². The van der Waals surface area contributed by atoms with Gasteiger partial charge in [0.1, 0.15) is 0 Å². The number of aromatic nitrogens is 4. The van der Waals surface area contributed by atoms with Crippen molar-refractivity contribution in [3.8, 4) is 0 Å². The molecule has 1 rings (SSSR count). The number of H-pyrrole nitrogens is 1. The maximum atomic E-state index is 10.9. The molecule has 0 fully saturated rings. The number of nitrogens with one attached hydrogen (secondary N) is 2. The topological polar surface area (TPSA) is 83.6 Å². The molecule has 0 saturated carbocycles. The quantitative estimate of drug-likeness (QED) is 0.707. The van der Waals surface area contributed by atoms with Crippen molar-refractivity contribution in [1.82, 2.24) is 25.9 Å². The molecule has 1 amide bonds. The Bertz CT molecular complexity index is 248. The molecule has 0 aliphatic heterocycles. The van der Waals surface area contributed by atoms with Crippen molar-refractivity contribution in [3.05, 3.63) is 5.82 Å². The van der Waals surface area contributed by atoms with Crippen LogP contribution in [0.3, 0.4) is 0 Å². The smallest absolute Gasteiger partial charge is 0.231 e. The average Bonchev–Trinajstić information content (AvgIpc) is 2.56. The van der Waals surface area contributed by atoms with Crippen LogP contribution in [0.4, 0.5) is 0 Å². The van der Waals surface area contributed by atoms with Gasteiger partial charge in [-0.2, -0.15) is 5.21 Å². The van der Waals surface area contributed by atoms with Gasteiger partial charge in [0, 0.05) is 0 Å². The average molecular weight is 234 g/mol. The third-order valence-electron chi connectivity index (χ3n) is 1.25. The SMILES string of the molecule is CC(NC(=O)CBr)c1nn[nH]n1. The Morgan fingerprint density at radius 2 is 2.58 bits per heavy atom. The maximum Gasteiger partial charge on any atom is 0.231 e. The number of hydrogen-bond acceptors (Lipinski definition) is 4. The zero-order chi connectivity index (χ0) is 8.97. The lowest BCUT2D eigenvalue weighted by Gasteiger charge is -2.07. The monoisotopic (exact) mass is 233 g/mol. The van der Waals surface area contributed by atoms with E-state index >= 15 is 0 Å². The van der Waals surface area contributed by atoms with Crippen molar-refractivity contribution in [2.24, 2.45) is 0 Å². The van der Waals surface area contributed by atoms with Gasteiger partial charge in [0.25, 0.3) is 0 Å². The standard InChI is InChI=1S/C5H8BrN5O/c1-3(7-4(12)2-6)5-8-10-11-9-5/h3H,2H2,1H3,(H,7,12)(H,8,9,10,11). The Labute approximate surface area is 77.2 Å². The van der Waals surface area contributed by atoms with Gasteiger partial charge in [-0.1, -0.05) is 21.1 Å². The number of amides is 1. The van der Waals surface area contributed by atoms with Gasteiger partial charge >= 0.3 is 0 Å². The second-order valence-corrected chi connectivity index (χ2v) is 2.75. The first-order valence-corrected chi connectivity index (χ1v) is 4.45. The summed E-state index contributed by atoms with van der Waals surface area (Å²) in [6.07, 6.45) is 0. The fraction of sp³-hybridized carbons (Fsp3) is 0.600. The Morgan fingerprint density at radius 3 is 3.08 bits per heavy atom. The molecule has 0 aromatic carbocycles. The number of hydrogen-bond donors (Lipinski definition) is 2. The summed E-state index contributed by atoms with van der Waals surface area (Å²) < 4.78 is 0. The molecule has 2 N–H and O–H groups in total. The normalized spacial score (nSPS) is 12.5. The van der Waals surface area contributed by atoms with E-state index < -0.39 is 0 Å². The molecule has 0 saturated heterocycles. The van der Waals surface area contributed by atoms with Gasteiger partial charge in [-0.05, 0) is 6.92 Å². The third-order valence-corrected chi connectivity index (χ3v) is 1.76. The minimum Gasteiger partial charge on any atom is -0.345 e. The summed E-state index contributed by atoms with van der Waals surface area (Å²) >= 11 is 3.03.